The van der Waals surface area contributed by atoms with Crippen molar-refractivity contribution in [3.05, 3.63) is 88.5 Å². The van der Waals surface area contributed by atoms with Crippen LogP contribution in [-0.4, -0.2) is 26.2 Å². The SMILES string of the molecule is C#Cc1ccc(CNc2cc(-c3ccc(F)c(F)c3)ccc2C(=O)OC)c(C(=O)OC)c1. The molecule has 0 atom stereocenters. The van der Waals surface area contributed by atoms with Crippen molar-refractivity contribution in [2.45, 2.75) is 6.54 Å². The number of halogens is 2. The molecule has 3 rings (SSSR count). The van der Waals surface area contributed by atoms with Crippen LogP contribution in [0.4, 0.5) is 14.5 Å². The summed E-state index contributed by atoms with van der Waals surface area (Å²) in [5, 5.41) is 3.11. The number of rotatable bonds is 6. The van der Waals surface area contributed by atoms with Crippen LogP contribution < -0.4 is 5.32 Å². The molecule has 7 heteroatoms. The summed E-state index contributed by atoms with van der Waals surface area (Å²) >= 11 is 0. The Bertz CT molecular complexity index is 1230. The largest absolute Gasteiger partial charge is 0.465 e. The number of hydrogen-bond donors (Lipinski definition) is 1. The molecule has 162 valence electrons. The van der Waals surface area contributed by atoms with E-state index in [9.17, 15) is 18.4 Å². The van der Waals surface area contributed by atoms with E-state index in [4.69, 9.17) is 15.9 Å². The number of methoxy groups -OCH3 is 2. The smallest absolute Gasteiger partial charge is 0.339 e. The molecule has 0 amide bonds. The zero-order chi connectivity index (χ0) is 23.3. The molecule has 0 bridgehead atoms. The molecule has 3 aromatic rings. The number of ether oxygens (including phenoxy) is 2. The molecule has 0 unspecified atom stereocenters. The van der Waals surface area contributed by atoms with Crippen molar-refractivity contribution in [1.29, 1.82) is 0 Å². The fourth-order valence-electron chi connectivity index (χ4n) is 3.14. The quantitative estimate of drug-likeness (QED) is 0.445. The third-order valence-electron chi connectivity index (χ3n) is 4.83. The van der Waals surface area contributed by atoms with E-state index in [1.807, 2.05) is 0 Å². The average Bonchev–Trinajstić information content (AvgIpc) is 2.83. The first-order valence-corrected chi connectivity index (χ1v) is 9.47. The zero-order valence-electron chi connectivity index (χ0n) is 17.4. The van der Waals surface area contributed by atoms with Crippen molar-refractivity contribution in [1.82, 2.24) is 0 Å². The van der Waals surface area contributed by atoms with Gasteiger partial charge >= 0.3 is 11.9 Å². The summed E-state index contributed by atoms with van der Waals surface area (Å²) in [7, 11) is 2.52. The second kappa shape index (κ2) is 9.75. The normalized spacial score (nSPS) is 10.2. The molecule has 0 radical (unpaired) electrons. The second-order valence-corrected chi connectivity index (χ2v) is 6.74. The number of carbonyl (C=O) groups is 2. The molecular formula is C25H19F2NO4. The summed E-state index contributed by atoms with van der Waals surface area (Å²) in [5.41, 5.74) is 2.99. The molecule has 3 aromatic carbocycles. The van der Waals surface area contributed by atoms with Crippen LogP contribution in [0.3, 0.4) is 0 Å². The first kappa shape index (κ1) is 22.5. The maximum Gasteiger partial charge on any atom is 0.339 e. The van der Waals surface area contributed by atoms with E-state index < -0.39 is 23.6 Å². The van der Waals surface area contributed by atoms with E-state index in [-0.39, 0.29) is 17.7 Å². The molecule has 0 spiro atoms. The minimum atomic E-state index is -0.981. The second-order valence-electron chi connectivity index (χ2n) is 6.74. The van der Waals surface area contributed by atoms with Gasteiger partial charge in [-0.1, -0.05) is 24.1 Å². The lowest BCUT2D eigenvalue weighted by molar-refractivity contribution is 0.0591. The molecule has 5 nitrogen and oxygen atoms in total. The molecule has 0 aliphatic heterocycles. The molecule has 0 aromatic heterocycles. The topological polar surface area (TPSA) is 64.6 Å². The summed E-state index contributed by atoms with van der Waals surface area (Å²) in [6, 6.07) is 13.2. The zero-order valence-corrected chi connectivity index (χ0v) is 17.4. The average molecular weight is 435 g/mol. The molecule has 32 heavy (non-hydrogen) atoms. The van der Waals surface area contributed by atoms with Crippen molar-refractivity contribution in [3.63, 3.8) is 0 Å². The Morgan fingerprint density at radius 2 is 1.53 bits per heavy atom. The molecule has 0 saturated carbocycles. The summed E-state index contributed by atoms with van der Waals surface area (Å²) in [5.74, 6) is -0.606. The highest BCUT2D eigenvalue weighted by Gasteiger charge is 2.16. The Labute approximate surface area is 184 Å². The molecule has 0 aliphatic rings. The predicted octanol–water partition coefficient (Wildman–Crippen LogP) is 4.80. The van der Waals surface area contributed by atoms with Crippen LogP contribution in [0, 0.1) is 24.0 Å². The number of nitrogens with one attached hydrogen (secondary N) is 1. The number of benzene rings is 3. The highest BCUT2D eigenvalue weighted by atomic mass is 19.2. The van der Waals surface area contributed by atoms with E-state index in [1.165, 1.54) is 26.4 Å². The molecule has 1 N–H and O–H groups in total. The summed E-state index contributed by atoms with van der Waals surface area (Å²) in [4.78, 5) is 24.4. The van der Waals surface area contributed by atoms with E-state index >= 15 is 0 Å². The van der Waals surface area contributed by atoms with Crippen molar-refractivity contribution in [2.24, 2.45) is 0 Å². The van der Waals surface area contributed by atoms with E-state index in [0.29, 0.717) is 27.9 Å². The van der Waals surface area contributed by atoms with Crippen molar-refractivity contribution < 1.29 is 27.8 Å². The number of anilines is 1. The first-order valence-electron chi connectivity index (χ1n) is 9.47. The van der Waals surface area contributed by atoms with Gasteiger partial charge in [0.15, 0.2) is 11.6 Å². The van der Waals surface area contributed by atoms with Gasteiger partial charge in [0.25, 0.3) is 0 Å². The van der Waals surface area contributed by atoms with Crippen molar-refractivity contribution in [3.8, 4) is 23.5 Å². The van der Waals surface area contributed by atoms with Crippen LogP contribution in [0.1, 0.15) is 31.8 Å². The molecule has 0 heterocycles. The predicted molar refractivity (Wildman–Crippen MR) is 116 cm³/mol. The highest BCUT2D eigenvalue weighted by molar-refractivity contribution is 5.97. The summed E-state index contributed by atoms with van der Waals surface area (Å²) in [6.07, 6.45) is 5.42. The van der Waals surface area contributed by atoms with Gasteiger partial charge in [0.2, 0.25) is 0 Å². The van der Waals surface area contributed by atoms with Gasteiger partial charge in [0.05, 0.1) is 25.3 Å². The van der Waals surface area contributed by atoms with Crippen LogP contribution in [0.2, 0.25) is 0 Å². The van der Waals surface area contributed by atoms with Crippen LogP contribution in [0.25, 0.3) is 11.1 Å². The molecule has 0 saturated heterocycles. The minimum absolute atomic E-state index is 0.153. The van der Waals surface area contributed by atoms with Gasteiger partial charge in [0, 0.05) is 17.8 Å². The summed E-state index contributed by atoms with van der Waals surface area (Å²) in [6.45, 7) is 0.153. The maximum absolute atomic E-state index is 13.7. The molecule has 0 aliphatic carbocycles. The Balaban J connectivity index is 1.99. The van der Waals surface area contributed by atoms with E-state index in [0.717, 1.165) is 12.1 Å². The van der Waals surface area contributed by atoms with Gasteiger partial charge in [-0.05, 0) is 53.1 Å². The summed E-state index contributed by atoms with van der Waals surface area (Å²) < 4.78 is 36.7. The Morgan fingerprint density at radius 3 is 2.19 bits per heavy atom. The van der Waals surface area contributed by atoms with E-state index in [2.05, 4.69) is 11.2 Å². The molecular weight excluding hydrogens is 416 g/mol. The van der Waals surface area contributed by atoms with Gasteiger partial charge in [0.1, 0.15) is 0 Å². The third-order valence-corrected chi connectivity index (χ3v) is 4.83. The fourth-order valence-corrected chi connectivity index (χ4v) is 3.14. The van der Waals surface area contributed by atoms with Crippen LogP contribution >= 0.6 is 0 Å². The first-order chi connectivity index (χ1) is 15.4. The van der Waals surface area contributed by atoms with Crippen molar-refractivity contribution in [2.75, 3.05) is 19.5 Å². The maximum atomic E-state index is 13.7. The Kier molecular flexibility index (Phi) is 6.86. The third kappa shape index (κ3) is 4.76. The number of carbonyl (C=O) groups excluding carboxylic acids is 2. The van der Waals surface area contributed by atoms with Crippen LogP contribution in [0.5, 0.6) is 0 Å². The Morgan fingerprint density at radius 1 is 0.875 bits per heavy atom. The monoisotopic (exact) mass is 435 g/mol. The Hall–Kier alpha value is -4.18. The van der Waals surface area contributed by atoms with Gasteiger partial charge < -0.3 is 14.8 Å². The number of terminal acetylenes is 1. The van der Waals surface area contributed by atoms with Crippen LogP contribution in [-0.2, 0) is 16.0 Å². The highest BCUT2D eigenvalue weighted by Crippen LogP contribution is 2.28. The van der Waals surface area contributed by atoms with Gasteiger partial charge in [-0.15, -0.1) is 6.42 Å². The van der Waals surface area contributed by atoms with E-state index in [1.54, 1.807) is 30.3 Å². The number of esters is 2. The van der Waals surface area contributed by atoms with Gasteiger partial charge in [-0.25, -0.2) is 18.4 Å². The van der Waals surface area contributed by atoms with Crippen LogP contribution in [0.15, 0.2) is 54.6 Å². The number of hydrogen-bond acceptors (Lipinski definition) is 5. The lowest BCUT2D eigenvalue weighted by atomic mass is 10.0. The van der Waals surface area contributed by atoms with Crippen molar-refractivity contribution >= 4 is 17.6 Å². The molecule has 0 fully saturated rings. The standard InChI is InChI=1S/C25H19F2NO4/c1-4-15-5-6-18(20(11-15)25(30)32-3)14-28-23-13-17(7-9-19(23)24(29)31-2)16-8-10-21(26)22(27)12-16/h1,5-13,28H,14H2,2-3H3. The fraction of sp³-hybridized carbons (Fsp3) is 0.120. The lowest BCUT2D eigenvalue weighted by Gasteiger charge is -2.15. The minimum Gasteiger partial charge on any atom is -0.465 e. The van der Waals surface area contributed by atoms with Gasteiger partial charge in [-0.2, -0.15) is 0 Å². The van der Waals surface area contributed by atoms with Gasteiger partial charge in [-0.3, -0.25) is 0 Å². The lowest BCUT2D eigenvalue weighted by Crippen LogP contribution is -2.12.